The summed E-state index contributed by atoms with van der Waals surface area (Å²) >= 11 is 0. The average molecular weight is 469 g/mol. The molecule has 0 bridgehead atoms. The molecule has 0 saturated carbocycles. The van der Waals surface area contributed by atoms with E-state index in [9.17, 15) is 5.11 Å². The number of rotatable bonds is 16. The van der Waals surface area contributed by atoms with Gasteiger partial charge in [-0.2, -0.15) is 0 Å². The van der Waals surface area contributed by atoms with Crippen molar-refractivity contribution in [1.82, 2.24) is 0 Å². The number of aliphatic hydroxyl groups is 1. The highest BCUT2D eigenvalue weighted by atomic mass is 16.7. The molecule has 2 aromatic rings. The first-order valence-corrected chi connectivity index (χ1v) is 12.2. The second kappa shape index (κ2) is 16.1. The van der Waals surface area contributed by atoms with E-state index in [1.165, 1.54) is 0 Å². The molecule has 0 aliphatic carbocycles. The van der Waals surface area contributed by atoms with E-state index in [1.807, 2.05) is 38.1 Å². The number of ether oxygens (including phenoxy) is 4. The summed E-state index contributed by atoms with van der Waals surface area (Å²) in [6.07, 6.45) is 11.0. The van der Waals surface area contributed by atoms with Crippen LogP contribution in [-0.4, -0.2) is 38.0 Å². The summed E-state index contributed by atoms with van der Waals surface area (Å²) in [5, 5.41) is 9.91. The molecular weight excluding hydrogens is 428 g/mol. The van der Waals surface area contributed by atoms with Crippen LogP contribution in [0.2, 0.25) is 0 Å². The molecular formula is C29H40O5. The van der Waals surface area contributed by atoms with Crippen molar-refractivity contribution in [3.05, 3.63) is 65.2 Å². The van der Waals surface area contributed by atoms with E-state index in [0.717, 1.165) is 36.0 Å². The van der Waals surface area contributed by atoms with Gasteiger partial charge in [-0.15, -0.1) is 0 Å². The molecule has 0 spiro atoms. The highest BCUT2D eigenvalue weighted by Gasteiger charge is 2.07. The van der Waals surface area contributed by atoms with Crippen LogP contribution >= 0.6 is 0 Å². The molecule has 2 rings (SSSR count). The van der Waals surface area contributed by atoms with Crippen molar-refractivity contribution in [3.63, 3.8) is 0 Å². The van der Waals surface area contributed by atoms with Gasteiger partial charge in [-0.05, 0) is 73.9 Å². The molecule has 0 aliphatic heterocycles. The Balaban J connectivity index is 2.03. The zero-order chi connectivity index (χ0) is 24.6. The minimum absolute atomic E-state index is 0.194. The largest absolute Gasteiger partial charge is 0.467 e. The van der Waals surface area contributed by atoms with Gasteiger partial charge in [0.05, 0.1) is 6.10 Å². The fourth-order valence-electron chi connectivity index (χ4n) is 3.20. The topological polar surface area (TPSA) is 57.2 Å². The molecule has 0 aliphatic rings. The van der Waals surface area contributed by atoms with Crippen molar-refractivity contribution in [3.8, 4) is 11.5 Å². The van der Waals surface area contributed by atoms with Crippen LogP contribution in [0, 0.1) is 5.92 Å². The molecule has 0 heterocycles. The summed E-state index contributed by atoms with van der Waals surface area (Å²) in [5.41, 5.74) is 3.22. The highest BCUT2D eigenvalue weighted by Crippen LogP contribution is 2.25. The smallest absolute Gasteiger partial charge is 0.189 e. The Morgan fingerprint density at radius 2 is 1.38 bits per heavy atom. The molecule has 0 aromatic heterocycles. The van der Waals surface area contributed by atoms with Gasteiger partial charge in [0.25, 0.3) is 0 Å². The van der Waals surface area contributed by atoms with Crippen molar-refractivity contribution in [2.24, 2.45) is 5.92 Å². The Hall–Kier alpha value is -2.60. The molecule has 1 N–H and O–H groups in total. The van der Waals surface area contributed by atoms with Crippen LogP contribution in [0.3, 0.4) is 0 Å². The van der Waals surface area contributed by atoms with E-state index in [4.69, 9.17) is 18.9 Å². The highest BCUT2D eigenvalue weighted by molar-refractivity contribution is 5.72. The number of unbranched alkanes of at least 4 members (excludes halogenated alkanes) is 1. The standard InChI is InChI=1S/C29H40O5/c1-5-31-21-33-27-18-26(19-28(20-27)34-22-32-6-2)16-15-25-13-10-12-24(17-25)11-8-7-9-14-29(30)23(3)4/h8,10-13,15-20,23,29-30H,5-7,9,14,21-22H2,1-4H3. The fraction of sp³-hybridized carbons (Fsp3) is 0.448. The minimum atomic E-state index is -0.213. The van der Waals surface area contributed by atoms with Gasteiger partial charge in [-0.25, -0.2) is 0 Å². The third-order valence-electron chi connectivity index (χ3n) is 5.26. The van der Waals surface area contributed by atoms with Crippen LogP contribution in [0.25, 0.3) is 18.2 Å². The number of allylic oxidation sites excluding steroid dienone is 1. The van der Waals surface area contributed by atoms with Gasteiger partial charge in [0.15, 0.2) is 13.6 Å². The van der Waals surface area contributed by atoms with Crippen LogP contribution < -0.4 is 9.47 Å². The first-order chi connectivity index (χ1) is 16.5. The molecule has 5 heteroatoms. The molecule has 1 unspecified atom stereocenters. The summed E-state index contributed by atoms with van der Waals surface area (Å²) < 4.78 is 22.0. The van der Waals surface area contributed by atoms with Crippen LogP contribution in [-0.2, 0) is 9.47 Å². The lowest BCUT2D eigenvalue weighted by atomic mass is 10.0. The summed E-state index contributed by atoms with van der Waals surface area (Å²) in [7, 11) is 0. The van der Waals surface area contributed by atoms with Crippen LogP contribution in [0.4, 0.5) is 0 Å². The monoisotopic (exact) mass is 468 g/mol. The molecule has 1 atom stereocenters. The third-order valence-corrected chi connectivity index (χ3v) is 5.26. The maximum Gasteiger partial charge on any atom is 0.189 e. The van der Waals surface area contributed by atoms with Crippen molar-refractivity contribution in [2.75, 3.05) is 26.8 Å². The molecule has 0 amide bonds. The number of benzene rings is 2. The second-order valence-electron chi connectivity index (χ2n) is 8.40. The number of aliphatic hydroxyl groups excluding tert-OH is 1. The first kappa shape index (κ1) is 27.6. The molecule has 2 aromatic carbocycles. The minimum Gasteiger partial charge on any atom is -0.467 e. The lowest BCUT2D eigenvalue weighted by Gasteiger charge is -2.12. The first-order valence-electron chi connectivity index (χ1n) is 12.2. The van der Waals surface area contributed by atoms with Crippen LogP contribution in [0.5, 0.6) is 11.5 Å². The van der Waals surface area contributed by atoms with Crippen molar-refractivity contribution >= 4 is 18.2 Å². The maximum atomic E-state index is 9.91. The summed E-state index contributed by atoms with van der Waals surface area (Å²) in [5.74, 6) is 1.68. The quantitative estimate of drug-likeness (QED) is 0.167. The number of hydrogen-bond acceptors (Lipinski definition) is 5. The van der Waals surface area contributed by atoms with E-state index >= 15 is 0 Å². The SMILES string of the molecule is CCOCOc1cc(C=Cc2cccc(C=CCCCC(O)C(C)C)c2)cc(OCOCC)c1. The van der Waals surface area contributed by atoms with E-state index in [0.29, 0.717) is 30.6 Å². The van der Waals surface area contributed by atoms with Gasteiger partial charge in [0.2, 0.25) is 0 Å². The van der Waals surface area contributed by atoms with Crippen molar-refractivity contribution in [2.45, 2.75) is 53.1 Å². The normalized spacial score (nSPS) is 12.6. The van der Waals surface area contributed by atoms with Crippen molar-refractivity contribution < 1.29 is 24.1 Å². The van der Waals surface area contributed by atoms with Gasteiger partial charge < -0.3 is 24.1 Å². The average Bonchev–Trinajstić information content (AvgIpc) is 2.83. The Kier molecular flexibility index (Phi) is 13.1. The van der Waals surface area contributed by atoms with Gasteiger partial charge in [-0.1, -0.05) is 56.4 Å². The fourth-order valence-corrected chi connectivity index (χ4v) is 3.20. The van der Waals surface area contributed by atoms with Crippen LogP contribution in [0.15, 0.2) is 48.5 Å². The Bertz CT molecular complexity index is 860. The number of hydrogen-bond donors (Lipinski definition) is 1. The lowest BCUT2D eigenvalue weighted by molar-refractivity contribution is 0.0182. The maximum absolute atomic E-state index is 9.91. The lowest BCUT2D eigenvalue weighted by Crippen LogP contribution is -2.13. The van der Waals surface area contributed by atoms with Gasteiger partial charge in [0, 0.05) is 19.3 Å². The van der Waals surface area contributed by atoms with Gasteiger partial charge in [0.1, 0.15) is 11.5 Å². The van der Waals surface area contributed by atoms with Gasteiger partial charge in [-0.3, -0.25) is 0 Å². The van der Waals surface area contributed by atoms with E-state index in [1.54, 1.807) is 0 Å². The summed E-state index contributed by atoms with van der Waals surface area (Å²) in [6, 6.07) is 14.1. The molecule has 0 saturated heterocycles. The van der Waals surface area contributed by atoms with Crippen LogP contribution in [0.1, 0.15) is 63.6 Å². The molecule has 34 heavy (non-hydrogen) atoms. The predicted octanol–water partition coefficient (Wildman–Crippen LogP) is 6.80. The Labute approximate surface area is 205 Å². The summed E-state index contributed by atoms with van der Waals surface area (Å²) in [6.45, 7) is 9.55. The predicted molar refractivity (Wildman–Crippen MR) is 140 cm³/mol. The molecule has 0 radical (unpaired) electrons. The Morgan fingerprint density at radius 3 is 1.97 bits per heavy atom. The molecule has 0 fully saturated rings. The van der Waals surface area contributed by atoms with Gasteiger partial charge >= 0.3 is 0 Å². The second-order valence-corrected chi connectivity index (χ2v) is 8.40. The Morgan fingerprint density at radius 1 is 0.794 bits per heavy atom. The molecule has 186 valence electrons. The molecule has 5 nitrogen and oxygen atoms in total. The summed E-state index contributed by atoms with van der Waals surface area (Å²) in [4.78, 5) is 0. The zero-order valence-electron chi connectivity index (χ0n) is 21.0. The van der Waals surface area contributed by atoms with E-state index in [-0.39, 0.29) is 19.7 Å². The third kappa shape index (κ3) is 11.0. The van der Waals surface area contributed by atoms with E-state index in [2.05, 4.69) is 56.3 Å². The van der Waals surface area contributed by atoms with Crippen molar-refractivity contribution in [1.29, 1.82) is 0 Å². The van der Waals surface area contributed by atoms with E-state index < -0.39 is 0 Å². The zero-order valence-corrected chi connectivity index (χ0v) is 21.0.